The lowest BCUT2D eigenvalue weighted by atomic mass is 10.4. The Bertz CT molecular complexity index is 120. The second-order valence-corrected chi connectivity index (χ2v) is 3.02. The predicted molar refractivity (Wildman–Crippen MR) is 54.6 cm³/mol. The van der Waals surface area contributed by atoms with Gasteiger partial charge in [-0.25, -0.2) is 0 Å². The molecule has 1 amide bonds. The highest BCUT2D eigenvalue weighted by Gasteiger charge is 1.97. The molecule has 0 aromatic rings. The van der Waals surface area contributed by atoms with E-state index in [2.05, 4.69) is 30.2 Å². The maximum absolute atomic E-state index is 11.0. The first-order valence-corrected chi connectivity index (χ1v) is 5.02. The third-order valence-electron chi connectivity index (χ3n) is 1.39. The van der Waals surface area contributed by atoms with Crippen LogP contribution in [-0.2, 0) is 4.79 Å². The lowest BCUT2D eigenvalue weighted by Gasteiger charge is -2.03. The zero-order valence-electron chi connectivity index (χ0n) is 7.60. The van der Waals surface area contributed by atoms with E-state index in [1.54, 1.807) is 0 Å². The van der Waals surface area contributed by atoms with Gasteiger partial charge in [0.05, 0.1) is 0 Å². The first-order valence-electron chi connectivity index (χ1n) is 4.39. The van der Waals surface area contributed by atoms with Crippen LogP contribution in [0.15, 0.2) is 0 Å². The Balaban J connectivity index is 3.08. The monoisotopic (exact) mass is 190 g/mol. The summed E-state index contributed by atoms with van der Waals surface area (Å²) in [5.74, 6) is 0.807. The molecule has 0 aromatic carbocycles. The molecular weight excluding hydrogens is 172 g/mol. The van der Waals surface area contributed by atoms with E-state index in [1.807, 2.05) is 0 Å². The summed E-state index contributed by atoms with van der Waals surface area (Å²) in [6, 6.07) is 0. The molecule has 2 N–H and O–H groups in total. The van der Waals surface area contributed by atoms with Gasteiger partial charge in [-0.1, -0.05) is 6.92 Å². The molecule has 0 aliphatic heterocycles. The van der Waals surface area contributed by atoms with E-state index < -0.39 is 0 Å². The zero-order valence-corrected chi connectivity index (χ0v) is 8.49. The van der Waals surface area contributed by atoms with Crippen molar-refractivity contribution in [1.82, 2.24) is 10.6 Å². The maximum atomic E-state index is 11.0. The normalized spacial score (nSPS) is 9.83. The van der Waals surface area contributed by atoms with Crippen molar-refractivity contribution in [2.75, 3.05) is 25.4 Å². The maximum Gasteiger partial charge on any atom is 0.221 e. The number of hydrogen-bond donors (Lipinski definition) is 3. The van der Waals surface area contributed by atoms with Crippen LogP contribution < -0.4 is 10.6 Å². The van der Waals surface area contributed by atoms with Crippen molar-refractivity contribution in [3.8, 4) is 0 Å². The summed E-state index contributed by atoms with van der Waals surface area (Å²) < 4.78 is 0. The van der Waals surface area contributed by atoms with Gasteiger partial charge >= 0.3 is 0 Å². The Labute approximate surface area is 79.7 Å². The molecule has 0 aromatic heterocycles. The highest BCUT2D eigenvalue weighted by atomic mass is 32.1. The van der Waals surface area contributed by atoms with Gasteiger partial charge in [0.15, 0.2) is 0 Å². The SMILES string of the molecule is CCCNCCC(=O)NCCS. The van der Waals surface area contributed by atoms with E-state index in [9.17, 15) is 4.79 Å². The predicted octanol–water partition coefficient (Wildman–Crippen LogP) is 0.422. The minimum absolute atomic E-state index is 0.104. The number of carbonyl (C=O) groups excluding carboxylic acids is 1. The van der Waals surface area contributed by atoms with Crippen molar-refractivity contribution >= 4 is 18.5 Å². The van der Waals surface area contributed by atoms with E-state index in [0.29, 0.717) is 18.7 Å². The van der Waals surface area contributed by atoms with Gasteiger partial charge in [0.25, 0.3) is 0 Å². The third kappa shape index (κ3) is 7.88. The molecule has 4 heteroatoms. The van der Waals surface area contributed by atoms with Crippen LogP contribution >= 0.6 is 12.6 Å². The molecule has 72 valence electrons. The molecule has 0 bridgehead atoms. The largest absolute Gasteiger partial charge is 0.355 e. The smallest absolute Gasteiger partial charge is 0.221 e. The summed E-state index contributed by atoms with van der Waals surface area (Å²) in [5.41, 5.74) is 0. The van der Waals surface area contributed by atoms with Crippen LogP contribution in [0.4, 0.5) is 0 Å². The number of rotatable bonds is 7. The van der Waals surface area contributed by atoms with E-state index in [0.717, 1.165) is 19.5 Å². The van der Waals surface area contributed by atoms with E-state index in [1.165, 1.54) is 0 Å². The van der Waals surface area contributed by atoms with Crippen LogP contribution in [-0.4, -0.2) is 31.3 Å². The van der Waals surface area contributed by atoms with Gasteiger partial charge in [0.1, 0.15) is 0 Å². The van der Waals surface area contributed by atoms with E-state index >= 15 is 0 Å². The van der Waals surface area contributed by atoms with Crippen LogP contribution in [0, 0.1) is 0 Å². The third-order valence-corrected chi connectivity index (χ3v) is 1.61. The van der Waals surface area contributed by atoms with Gasteiger partial charge < -0.3 is 10.6 Å². The molecular formula is C8H18N2OS. The van der Waals surface area contributed by atoms with Gasteiger partial charge in [0.2, 0.25) is 5.91 Å². The fourth-order valence-electron chi connectivity index (χ4n) is 0.787. The van der Waals surface area contributed by atoms with E-state index in [4.69, 9.17) is 0 Å². The molecule has 0 rings (SSSR count). The fourth-order valence-corrected chi connectivity index (χ4v) is 0.899. The average molecular weight is 190 g/mol. The lowest BCUT2D eigenvalue weighted by Crippen LogP contribution is -2.29. The number of hydrogen-bond acceptors (Lipinski definition) is 3. The number of amides is 1. The Hall–Kier alpha value is -0.220. The van der Waals surface area contributed by atoms with Gasteiger partial charge in [-0.15, -0.1) is 0 Å². The number of carbonyl (C=O) groups is 1. The van der Waals surface area contributed by atoms with Crippen LogP contribution in [0.3, 0.4) is 0 Å². The summed E-state index contributed by atoms with van der Waals surface area (Å²) in [7, 11) is 0. The number of thiol groups is 1. The molecule has 0 heterocycles. The zero-order chi connectivity index (χ0) is 9.23. The molecule has 12 heavy (non-hydrogen) atoms. The fraction of sp³-hybridized carbons (Fsp3) is 0.875. The molecule has 0 aliphatic carbocycles. The van der Waals surface area contributed by atoms with Crippen LogP contribution in [0.1, 0.15) is 19.8 Å². The van der Waals surface area contributed by atoms with Crippen molar-refractivity contribution in [2.45, 2.75) is 19.8 Å². The van der Waals surface area contributed by atoms with Gasteiger partial charge in [-0.05, 0) is 13.0 Å². The minimum Gasteiger partial charge on any atom is -0.355 e. The first-order chi connectivity index (χ1) is 5.81. The van der Waals surface area contributed by atoms with E-state index in [-0.39, 0.29) is 5.91 Å². The molecule has 3 nitrogen and oxygen atoms in total. The van der Waals surface area contributed by atoms with Crippen LogP contribution in [0.5, 0.6) is 0 Å². The van der Waals surface area contributed by atoms with Crippen LogP contribution in [0.2, 0.25) is 0 Å². The molecule has 0 saturated heterocycles. The lowest BCUT2D eigenvalue weighted by molar-refractivity contribution is -0.120. The van der Waals surface area contributed by atoms with Crippen molar-refractivity contribution in [3.63, 3.8) is 0 Å². The summed E-state index contributed by atoms with van der Waals surface area (Å²) in [6.45, 7) is 4.52. The molecule has 0 atom stereocenters. The molecule has 0 aliphatic rings. The van der Waals surface area contributed by atoms with Crippen molar-refractivity contribution in [2.24, 2.45) is 0 Å². The second-order valence-electron chi connectivity index (χ2n) is 2.57. The van der Waals surface area contributed by atoms with Gasteiger partial charge in [-0.2, -0.15) is 12.6 Å². The van der Waals surface area contributed by atoms with Gasteiger partial charge in [0, 0.05) is 25.3 Å². The van der Waals surface area contributed by atoms with Crippen molar-refractivity contribution in [1.29, 1.82) is 0 Å². The summed E-state index contributed by atoms with van der Waals surface area (Å²) in [6.07, 6.45) is 1.67. The summed E-state index contributed by atoms with van der Waals surface area (Å²) >= 11 is 3.99. The van der Waals surface area contributed by atoms with Crippen LogP contribution in [0.25, 0.3) is 0 Å². The molecule has 0 radical (unpaired) electrons. The Morgan fingerprint density at radius 3 is 2.67 bits per heavy atom. The Morgan fingerprint density at radius 1 is 1.33 bits per heavy atom. The quantitative estimate of drug-likeness (QED) is 0.402. The van der Waals surface area contributed by atoms with Gasteiger partial charge in [-0.3, -0.25) is 4.79 Å². The average Bonchev–Trinajstić information content (AvgIpc) is 2.09. The Morgan fingerprint density at radius 2 is 2.08 bits per heavy atom. The highest BCUT2D eigenvalue weighted by Crippen LogP contribution is 1.78. The second kappa shape index (κ2) is 8.87. The molecule has 0 saturated carbocycles. The number of nitrogens with one attached hydrogen (secondary N) is 2. The molecule has 0 fully saturated rings. The minimum atomic E-state index is 0.104. The Kier molecular flexibility index (Phi) is 8.71. The molecule has 0 unspecified atom stereocenters. The first kappa shape index (κ1) is 11.8. The topological polar surface area (TPSA) is 41.1 Å². The van der Waals surface area contributed by atoms with Crippen molar-refractivity contribution in [3.05, 3.63) is 0 Å². The van der Waals surface area contributed by atoms with Crippen molar-refractivity contribution < 1.29 is 4.79 Å². The molecule has 0 spiro atoms. The summed E-state index contributed by atoms with van der Waals surface area (Å²) in [5, 5.41) is 5.92. The summed E-state index contributed by atoms with van der Waals surface area (Å²) in [4.78, 5) is 11.0. The highest BCUT2D eigenvalue weighted by molar-refractivity contribution is 7.80. The standard InChI is InChI=1S/C8H18N2OS/c1-2-4-9-5-3-8(11)10-6-7-12/h9,12H,2-7H2,1H3,(H,10,11).